The van der Waals surface area contributed by atoms with E-state index in [4.69, 9.17) is 0 Å². The number of hydrogen-bond acceptors (Lipinski definition) is 4. The van der Waals surface area contributed by atoms with Gasteiger partial charge in [-0.1, -0.05) is 354 Å². The third-order valence-electron chi connectivity index (χ3n) is 25.2. The fourth-order valence-electron chi connectivity index (χ4n) is 18.8. The van der Waals surface area contributed by atoms with E-state index in [1.807, 2.05) is 11.8 Å². The largest absolute Gasteiger partial charge is 0.311 e. The first-order valence-electron chi connectivity index (χ1n) is 41.4. The second-order valence-electron chi connectivity index (χ2n) is 39.0. The van der Waals surface area contributed by atoms with Crippen LogP contribution in [-0.2, 0) is 32.5 Å². The van der Waals surface area contributed by atoms with Gasteiger partial charge in [-0.05, 0) is 194 Å². The molecule has 115 heavy (non-hydrogen) atoms. The van der Waals surface area contributed by atoms with Crippen molar-refractivity contribution < 1.29 is 0 Å². The highest BCUT2D eigenvalue weighted by atomic mass is 32.2. The van der Waals surface area contributed by atoms with Crippen molar-refractivity contribution in [2.75, 3.05) is 14.7 Å². The topological polar surface area (TPSA) is 14.7 Å². The van der Waals surface area contributed by atoms with Crippen molar-refractivity contribution in [3.8, 4) is 50.2 Å². The lowest BCUT2D eigenvalue weighted by molar-refractivity contribution is 0.589. The molecule has 0 bridgehead atoms. The predicted octanol–water partition coefficient (Wildman–Crippen LogP) is 26.1. The molecule has 566 valence electrons. The molecule has 4 aliphatic heterocycles. The molecule has 0 saturated heterocycles. The van der Waals surface area contributed by atoms with Crippen LogP contribution in [-0.4, -0.2) is 18.0 Å². The first-order chi connectivity index (χ1) is 54.8. The fraction of sp³-hybridized carbons (Fsp3) is 0.222. The van der Waals surface area contributed by atoms with E-state index in [1.54, 1.807) is 0 Å². The molecule has 0 spiro atoms. The number of nitrogens with zero attached hydrogens (tertiary/aromatic N) is 4. The van der Waals surface area contributed by atoms with Crippen molar-refractivity contribution in [2.24, 2.45) is 0 Å². The Morgan fingerprint density at radius 2 is 0.583 bits per heavy atom. The van der Waals surface area contributed by atoms with Gasteiger partial charge in [-0.3, -0.25) is 0 Å². The van der Waals surface area contributed by atoms with Gasteiger partial charge in [0.1, 0.15) is 0 Å². The molecule has 4 nitrogen and oxygen atoms in total. The Morgan fingerprint density at radius 1 is 0.235 bits per heavy atom. The van der Waals surface area contributed by atoms with E-state index in [-0.39, 0.29) is 45.9 Å². The zero-order chi connectivity index (χ0) is 79.9. The number of hydrogen-bond donors (Lipinski definition) is 0. The van der Waals surface area contributed by atoms with Crippen LogP contribution in [0.1, 0.15) is 158 Å². The minimum absolute atomic E-state index is 0.0671. The molecule has 5 heterocycles. The number of anilines is 9. The van der Waals surface area contributed by atoms with Crippen LogP contribution in [0.15, 0.2) is 301 Å². The van der Waals surface area contributed by atoms with E-state index >= 15 is 0 Å². The number of fused-ring (bicyclic) bond motifs is 11. The first-order valence-corrected chi connectivity index (χ1v) is 42.3. The minimum Gasteiger partial charge on any atom is -0.311 e. The van der Waals surface area contributed by atoms with Crippen molar-refractivity contribution in [3.63, 3.8) is 0 Å². The van der Waals surface area contributed by atoms with Crippen LogP contribution in [0.3, 0.4) is 0 Å². The van der Waals surface area contributed by atoms with Gasteiger partial charge in [-0.15, -0.1) is 0 Å². The third kappa shape index (κ3) is 12.3. The molecular formula is C108H102B2N4S. The Morgan fingerprint density at radius 3 is 1.00 bits per heavy atom. The molecule has 0 amide bonds. The van der Waals surface area contributed by atoms with Crippen LogP contribution in [0.25, 0.3) is 72.0 Å². The maximum atomic E-state index is 2.77. The Balaban J connectivity index is 0.973. The number of aromatic nitrogens is 1. The zero-order valence-corrected chi connectivity index (χ0v) is 70.9. The van der Waals surface area contributed by atoms with Gasteiger partial charge in [0.05, 0.1) is 28.1 Å². The van der Waals surface area contributed by atoms with Crippen LogP contribution in [0.2, 0.25) is 0 Å². The molecule has 0 saturated carbocycles. The summed E-state index contributed by atoms with van der Waals surface area (Å²) in [5.41, 5.74) is 38.3. The Hall–Kier alpha value is -11.2. The highest BCUT2D eigenvalue weighted by Gasteiger charge is 2.49. The molecule has 1 aromatic heterocycles. The molecule has 0 radical (unpaired) electrons. The van der Waals surface area contributed by atoms with E-state index in [0.29, 0.717) is 0 Å². The molecule has 14 aromatic carbocycles. The van der Waals surface area contributed by atoms with Crippen LogP contribution in [0, 0.1) is 0 Å². The zero-order valence-electron chi connectivity index (χ0n) is 70.1. The van der Waals surface area contributed by atoms with Crippen LogP contribution < -0.4 is 47.5 Å². The second-order valence-corrected chi connectivity index (χ2v) is 40.1. The van der Waals surface area contributed by atoms with Gasteiger partial charge in [-0.2, -0.15) is 0 Å². The van der Waals surface area contributed by atoms with Gasteiger partial charge in [-0.25, -0.2) is 0 Å². The minimum atomic E-state index is -0.237. The van der Waals surface area contributed by atoms with Gasteiger partial charge in [0.25, 0.3) is 6.71 Å². The lowest BCUT2D eigenvalue weighted by Crippen LogP contribution is -2.64. The van der Waals surface area contributed by atoms with Crippen molar-refractivity contribution in [3.05, 3.63) is 325 Å². The molecule has 19 rings (SSSR count). The molecule has 15 aromatic rings. The maximum absolute atomic E-state index is 2.77. The SMILES string of the molecule is CC(C)(C)c1ccc(N2c3cc(C(C)(C)C)ccc3B3c4cc5c(cc4N(c4c(-c6ccccc6)cccc4-c4ccccc4)c4cc(-n6c7ccc(C(C)(C)C)cc7c7cc(C(C)(C)C)ccc76)cc2c43)Sc2cc(C(C)(C)C)cc3c2B5c2ccc(C(C)(C)C)cc2N3c2c(-c3ccccc3)cccc2-c2ccccc2)cc1. The Labute approximate surface area is 687 Å². The average molecular weight is 1510 g/mol. The summed E-state index contributed by atoms with van der Waals surface area (Å²) < 4.78 is 2.62. The fourth-order valence-corrected chi connectivity index (χ4v) is 20.0. The molecule has 0 atom stereocenters. The Bertz CT molecular complexity index is 6240. The average Bonchev–Trinajstić information content (AvgIpc) is 0.924. The standard InChI is InChI=1S/C108H102B2N4S/c1-103(2,3)71-45-51-77(52-46-71)111-91-59-74(106(10,11)12)47-53-85(91)109-87-65-88-97(115-98-62-76(108(16,17)18)61-94-100(98)110(88)86-54-48-75(107(13,14)15)60-92(86)113(94)101-79(67-33-23-19-24-34-67)41-31-42-80(101)68-35-25-20-26-36-68)66-93(87)114(102-81(69-37-27-21-28-38-69)43-32-44-82(102)70-39-29-22-30-40-70)96-64-78(63-95(111)99(96)109)112-89-55-49-72(104(4,5)6)57-83(89)84-58-73(105(7,8)9)50-56-90(84)112/h19-66H,1-18H3. The number of para-hydroxylation sites is 2. The summed E-state index contributed by atoms with van der Waals surface area (Å²) >= 11 is 1.97. The van der Waals surface area contributed by atoms with Crippen molar-refractivity contribution in [1.29, 1.82) is 0 Å². The highest BCUT2D eigenvalue weighted by Crippen LogP contribution is 2.56. The van der Waals surface area contributed by atoms with E-state index in [1.165, 1.54) is 148 Å². The van der Waals surface area contributed by atoms with E-state index in [2.05, 4.69) is 435 Å². The number of rotatable bonds is 8. The van der Waals surface area contributed by atoms with Gasteiger partial charge < -0.3 is 19.3 Å². The molecule has 0 unspecified atom stereocenters. The molecule has 0 fully saturated rings. The molecule has 0 N–H and O–H groups in total. The maximum Gasteiger partial charge on any atom is 0.252 e. The summed E-state index contributed by atoms with van der Waals surface area (Å²) in [5, 5.41) is 2.52. The summed E-state index contributed by atoms with van der Waals surface area (Å²) in [5.74, 6) is 0. The van der Waals surface area contributed by atoms with Crippen molar-refractivity contribution in [2.45, 2.75) is 167 Å². The lowest BCUT2D eigenvalue weighted by atomic mass is 9.31. The molecular weight excluding hydrogens is 1410 g/mol. The lowest BCUT2D eigenvalue weighted by Gasteiger charge is -2.47. The second kappa shape index (κ2) is 26.7. The molecule has 0 aliphatic carbocycles. The van der Waals surface area contributed by atoms with Crippen LogP contribution >= 0.6 is 11.8 Å². The van der Waals surface area contributed by atoms with Crippen molar-refractivity contribution >= 4 is 131 Å². The van der Waals surface area contributed by atoms with E-state index < -0.39 is 0 Å². The first kappa shape index (κ1) is 73.9. The number of benzene rings is 14. The van der Waals surface area contributed by atoms with Crippen LogP contribution in [0.5, 0.6) is 0 Å². The predicted molar refractivity (Wildman–Crippen MR) is 499 cm³/mol. The van der Waals surface area contributed by atoms with Crippen molar-refractivity contribution in [1.82, 2.24) is 4.57 Å². The summed E-state index contributed by atoms with van der Waals surface area (Å²) in [7, 11) is 0. The van der Waals surface area contributed by atoms with E-state index in [0.717, 1.165) is 50.7 Å². The molecule has 4 aliphatic rings. The quantitative estimate of drug-likeness (QED) is 0.141. The summed E-state index contributed by atoms with van der Waals surface area (Å²) in [6, 6.07) is 114. The Kier molecular flexibility index (Phi) is 17.1. The summed E-state index contributed by atoms with van der Waals surface area (Å²) in [6.07, 6.45) is 0. The highest BCUT2D eigenvalue weighted by molar-refractivity contribution is 8.00. The molecule has 7 heteroatoms. The monoisotopic (exact) mass is 1510 g/mol. The van der Waals surface area contributed by atoms with Gasteiger partial charge in [0, 0.05) is 82.6 Å². The van der Waals surface area contributed by atoms with Gasteiger partial charge >= 0.3 is 0 Å². The third-order valence-corrected chi connectivity index (χ3v) is 26.3. The summed E-state index contributed by atoms with van der Waals surface area (Å²) in [6.45, 7) is 42.1. The van der Waals surface area contributed by atoms with E-state index in [9.17, 15) is 0 Å². The summed E-state index contributed by atoms with van der Waals surface area (Å²) in [4.78, 5) is 10.7. The smallest absolute Gasteiger partial charge is 0.252 e. The van der Waals surface area contributed by atoms with Crippen LogP contribution in [0.4, 0.5) is 51.2 Å². The van der Waals surface area contributed by atoms with Gasteiger partial charge in [0.15, 0.2) is 0 Å². The normalized spacial score (nSPS) is 13.9. The van der Waals surface area contributed by atoms with Gasteiger partial charge in [0.2, 0.25) is 6.71 Å².